The maximum Gasteiger partial charge on any atom is 2.00 e. The van der Waals surface area contributed by atoms with E-state index in [1.54, 1.807) is 0 Å². The first-order valence-electron chi connectivity index (χ1n) is 2.00. The quantitative estimate of drug-likeness (QED) is 0.347. The summed E-state index contributed by atoms with van der Waals surface area (Å²) in [6.07, 6.45) is 3.23. The van der Waals surface area contributed by atoms with Crippen LogP contribution in [0.1, 0.15) is 19.3 Å². The predicted molar refractivity (Wildman–Crippen MR) is 36.1 cm³/mol. The first-order chi connectivity index (χ1) is 2.41. The normalized spacial score (nSPS) is 3.23. The van der Waals surface area contributed by atoms with Crippen LogP contribution < -0.4 is 87.3 Å². The monoisotopic (exact) mass is 272 g/mol. The third-order valence-electron chi connectivity index (χ3n) is 0.500. The molecule has 8 heteroatoms. The maximum atomic E-state index is 3.64. The summed E-state index contributed by atoms with van der Waals surface area (Å²) in [5, 5.41) is 0. The van der Waals surface area contributed by atoms with Crippen LogP contribution in [0.15, 0.2) is 0 Å². The van der Waals surface area contributed by atoms with Gasteiger partial charge in [0.15, 0.2) is 0 Å². The average Bonchev–Trinajstić information content (AvgIpc) is 1.41. The largest absolute Gasteiger partial charge is 2.00 e. The van der Waals surface area contributed by atoms with E-state index in [-0.39, 0.29) is 133 Å². The summed E-state index contributed by atoms with van der Waals surface area (Å²) in [6.45, 7) is 7.27. The average molecular weight is 274 g/mol. The van der Waals surface area contributed by atoms with E-state index in [1.807, 2.05) is 0 Å². The third-order valence-corrected chi connectivity index (χ3v) is 0.500. The second-order valence-electron chi connectivity index (χ2n) is 1.06. The van der Waals surface area contributed by atoms with E-state index < -0.39 is 0 Å². The van der Waals surface area contributed by atoms with E-state index in [1.165, 1.54) is 6.42 Å². The fourth-order valence-corrected chi connectivity index (χ4v) is 0.177. The zero-order valence-electron chi connectivity index (χ0n) is 8.46. The molecule has 0 fully saturated rings. The van der Waals surface area contributed by atoms with Crippen LogP contribution in [-0.2, 0) is 0 Å². The zero-order chi connectivity index (χ0) is 4.12. The number of halogens is 4. The van der Waals surface area contributed by atoms with Gasteiger partial charge in [0.2, 0.25) is 0 Å². The first kappa shape index (κ1) is 68.5. The molecule has 0 aromatic heterocycles. The van der Waals surface area contributed by atoms with Gasteiger partial charge in [-0.25, -0.2) is 0 Å². The predicted octanol–water partition coefficient (Wildman–Crippen LogP) is -16.9. The molecule has 0 aromatic rings. The van der Waals surface area contributed by atoms with Crippen LogP contribution in [0.4, 0.5) is 0 Å². The van der Waals surface area contributed by atoms with Crippen molar-refractivity contribution in [3.8, 4) is 0 Å². The molecule has 0 spiro atoms. The minimum atomic E-state index is 0. The molecule has 0 aliphatic heterocycles. The Kier molecular flexibility index (Phi) is 391. The molecule has 0 atom stereocenters. The van der Waals surface area contributed by atoms with Gasteiger partial charge in [-0.15, -0.1) is 6.42 Å². The molecule has 0 bridgehead atoms. The van der Waals surface area contributed by atoms with Crippen LogP contribution in [0, 0.1) is 13.8 Å². The third kappa shape index (κ3) is 88.4. The van der Waals surface area contributed by atoms with Gasteiger partial charge in [-0.3, -0.25) is 0 Å². The zero-order valence-corrected chi connectivity index (χ0v) is 14.3. The molecule has 0 heterocycles. The Labute approximate surface area is 164 Å². The Morgan fingerprint density at radius 3 is 0.769 bits per heavy atom. The van der Waals surface area contributed by atoms with Gasteiger partial charge in [0.1, 0.15) is 0 Å². The van der Waals surface area contributed by atoms with Crippen LogP contribution in [0.5, 0.6) is 0 Å². The summed E-state index contributed by atoms with van der Waals surface area (Å²) in [4.78, 5) is 0. The molecule has 0 aliphatic carbocycles. The molecule has 0 radical (unpaired) electrons. The van der Waals surface area contributed by atoms with E-state index in [2.05, 4.69) is 13.8 Å². The Morgan fingerprint density at radius 2 is 0.769 bits per heavy atom. The fourth-order valence-electron chi connectivity index (χ4n) is 0.177. The molecule has 64 valence electrons. The Bertz CT molecular complexity index is 32.0. The number of unbranched alkanes of at least 4 members (excludes halogenated alkanes) is 2. The van der Waals surface area contributed by atoms with Crippen molar-refractivity contribution in [1.82, 2.24) is 0 Å². The summed E-state index contributed by atoms with van der Waals surface area (Å²) < 4.78 is 0. The summed E-state index contributed by atoms with van der Waals surface area (Å²) in [5.41, 5.74) is 0. The summed E-state index contributed by atoms with van der Waals surface area (Å²) in [6, 6.07) is 0. The molecule has 0 amide bonds. The van der Waals surface area contributed by atoms with Crippen molar-refractivity contribution in [3.63, 3.8) is 0 Å². The minimum absolute atomic E-state index is 0. The second-order valence-corrected chi connectivity index (χ2v) is 1.06. The van der Waals surface area contributed by atoms with Gasteiger partial charge in [0, 0.05) is 0 Å². The first-order valence-corrected chi connectivity index (χ1v) is 2.00. The smallest absolute Gasteiger partial charge is 1.00 e. The van der Waals surface area contributed by atoms with Crippen molar-refractivity contribution in [2.45, 2.75) is 19.3 Å². The van der Waals surface area contributed by atoms with Crippen LogP contribution in [-0.4, -0.2) is 46.1 Å². The fraction of sp³-hybridized carbons (Fsp3) is 0.600. The van der Waals surface area contributed by atoms with Crippen molar-refractivity contribution < 1.29 is 87.3 Å². The maximum absolute atomic E-state index is 3.64. The van der Waals surface area contributed by atoms with Gasteiger partial charge in [-0.2, -0.15) is 12.8 Å². The molecular formula is C5H10Cl4Li2Mg2. The Morgan fingerprint density at radius 1 is 0.615 bits per heavy atom. The van der Waals surface area contributed by atoms with Crippen LogP contribution >= 0.6 is 0 Å². The van der Waals surface area contributed by atoms with E-state index in [9.17, 15) is 0 Å². The number of hydrogen-bond donors (Lipinski definition) is 0. The van der Waals surface area contributed by atoms with Crippen LogP contribution in [0.2, 0.25) is 0 Å². The van der Waals surface area contributed by atoms with Crippen molar-refractivity contribution >= 4 is 46.1 Å². The van der Waals surface area contributed by atoms with Gasteiger partial charge < -0.3 is 63.5 Å². The number of hydrogen-bond acceptors (Lipinski definition) is 0. The van der Waals surface area contributed by atoms with E-state index >= 15 is 0 Å². The minimum Gasteiger partial charge on any atom is -1.00 e. The van der Waals surface area contributed by atoms with Crippen LogP contribution in [0.3, 0.4) is 0 Å². The molecular weight excluding hydrogens is 264 g/mol. The van der Waals surface area contributed by atoms with Crippen molar-refractivity contribution in [3.05, 3.63) is 13.8 Å². The van der Waals surface area contributed by atoms with Gasteiger partial charge in [0.25, 0.3) is 0 Å². The van der Waals surface area contributed by atoms with Gasteiger partial charge in [-0.05, 0) is 0 Å². The molecule has 13 heavy (non-hydrogen) atoms. The topological polar surface area (TPSA) is 0 Å². The molecule has 0 rings (SSSR count). The molecule has 0 N–H and O–H groups in total. The molecule has 0 saturated heterocycles. The summed E-state index contributed by atoms with van der Waals surface area (Å²) in [5.74, 6) is 0. The molecule has 0 aromatic carbocycles. The van der Waals surface area contributed by atoms with Gasteiger partial charge in [-0.1, -0.05) is 0 Å². The molecule has 0 unspecified atom stereocenters. The Balaban J connectivity index is -0.00000000286. The SMILES string of the molecule is [CH2-]CCC[CH2-].[Cl-].[Cl-].[Cl-].[Cl-].[Li+].[Li+].[Mg+2].[Mg+2]. The molecule has 0 aliphatic rings. The molecule has 0 saturated carbocycles. The molecule has 0 nitrogen and oxygen atoms in total. The van der Waals surface area contributed by atoms with Crippen molar-refractivity contribution in [2.24, 2.45) is 0 Å². The van der Waals surface area contributed by atoms with Crippen LogP contribution in [0.25, 0.3) is 0 Å². The summed E-state index contributed by atoms with van der Waals surface area (Å²) >= 11 is 0. The Hall–Kier alpha value is 3.89. The van der Waals surface area contributed by atoms with E-state index in [0.717, 1.165) is 12.8 Å². The van der Waals surface area contributed by atoms with Crippen molar-refractivity contribution in [2.75, 3.05) is 0 Å². The summed E-state index contributed by atoms with van der Waals surface area (Å²) in [7, 11) is 0. The van der Waals surface area contributed by atoms with E-state index in [4.69, 9.17) is 0 Å². The van der Waals surface area contributed by atoms with Gasteiger partial charge in [0.05, 0.1) is 0 Å². The standard InChI is InChI=1S/C5H10.4ClH.2Li.2Mg/c1-3-5-4-2;;;;;;;;/h1-5H2;4*1H;;;;/q-2;;;;;2*+1;2*+2/p-4. The second kappa shape index (κ2) is 74.2. The number of rotatable bonds is 2. The van der Waals surface area contributed by atoms with Crippen molar-refractivity contribution in [1.29, 1.82) is 0 Å². The van der Waals surface area contributed by atoms with E-state index in [0.29, 0.717) is 0 Å². The van der Waals surface area contributed by atoms with Gasteiger partial charge >= 0.3 is 83.8 Å².